The van der Waals surface area contributed by atoms with Crippen molar-refractivity contribution in [1.82, 2.24) is 9.80 Å². The van der Waals surface area contributed by atoms with Crippen LogP contribution in [0.4, 0.5) is 5.69 Å². The van der Waals surface area contributed by atoms with E-state index < -0.39 is 11.8 Å². The molecule has 7 heteroatoms. The van der Waals surface area contributed by atoms with Crippen LogP contribution in [0.15, 0.2) is 18.2 Å². The molecule has 0 bridgehead atoms. The van der Waals surface area contributed by atoms with E-state index in [4.69, 9.17) is 23.2 Å². The van der Waals surface area contributed by atoms with Crippen LogP contribution in [0.1, 0.15) is 6.92 Å². The van der Waals surface area contributed by atoms with Crippen LogP contribution in [0.25, 0.3) is 0 Å². The van der Waals surface area contributed by atoms with Crippen LogP contribution < -0.4 is 5.32 Å². The van der Waals surface area contributed by atoms with Gasteiger partial charge >= 0.3 is 11.8 Å². The fourth-order valence-electron chi connectivity index (χ4n) is 2.17. The Morgan fingerprint density at radius 1 is 1.14 bits per heavy atom. The van der Waals surface area contributed by atoms with E-state index in [0.29, 0.717) is 28.8 Å². The van der Waals surface area contributed by atoms with Crippen LogP contribution in [-0.2, 0) is 9.59 Å². The van der Waals surface area contributed by atoms with Crippen molar-refractivity contribution >= 4 is 40.7 Å². The Balaban J connectivity index is 1.93. The maximum Gasteiger partial charge on any atom is 0.313 e. The van der Waals surface area contributed by atoms with Crippen LogP contribution in [0.3, 0.4) is 0 Å². The number of piperazine rings is 1. The van der Waals surface area contributed by atoms with Gasteiger partial charge in [-0.3, -0.25) is 9.59 Å². The maximum atomic E-state index is 12.1. The Labute approximate surface area is 133 Å². The number of anilines is 1. The fourth-order valence-corrected chi connectivity index (χ4v) is 2.47. The van der Waals surface area contributed by atoms with Gasteiger partial charge < -0.3 is 15.1 Å². The second-order valence-corrected chi connectivity index (χ2v) is 5.62. The second kappa shape index (κ2) is 7.11. The van der Waals surface area contributed by atoms with Crippen LogP contribution in [0.2, 0.25) is 10.0 Å². The number of nitrogens with zero attached hydrogens (tertiary/aromatic N) is 2. The molecule has 1 aliphatic rings. The first kappa shape index (κ1) is 16.1. The van der Waals surface area contributed by atoms with E-state index in [1.807, 2.05) is 0 Å². The van der Waals surface area contributed by atoms with Crippen LogP contribution in [0.5, 0.6) is 0 Å². The average molecular weight is 330 g/mol. The largest absolute Gasteiger partial charge is 0.332 e. The molecule has 114 valence electrons. The number of nitrogens with one attached hydrogen (secondary N) is 1. The quantitative estimate of drug-likeness (QED) is 0.845. The van der Waals surface area contributed by atoms with Crippen LogP contribution >= 0.6 is 23.2 Å². The highest BCUT2D eigenvalue weighted by Gasteiger charge is 2.25. The molecule has 1 aromatic carbocycles. The van der Waals surface area contributed by atoms with Crippen molar-refractivity contribution in [1.29, 1.82) is 0 Å². The number of benzene rings is 1. The first-order valence-electron chi connectivity index (χ1n) is 6.79. The lowest BCUT2D eigenvalue weighted by molar-refractivity contribution is -0.144. The Hall–Kier alpha value is -1.30. The number of carbonyl (C=O) groups excluding carboxylic acids is 2. The topological polar surface area (TPSA) is 52.7 Å². The van der Waals surface area contributed by atoms with E-state index >= 15 is 0 Å². The number of rotatable bonds is 2. The minimum atomic E-state index is -0.654. The van der Waals surface area contributed by atoms with Gasteiger partial charge in [0.2, 0.25) is 0 Å². The number of hydrogen-bond acceptors (Lipinski definition) is 3. The molecule has 21 heavy (non-hydrogen) atoms. The number of carbonyl (C=O) groups is 2. The molecule has 0 aliphatic carbocycles. The predicted molar refractivity (Wildman–Crippen MR) is 83.8 cm³/mol. The van der Waals surface area contributed by atoms with Crippen molar-refractivity contribution in [3.05, 3.63) is 28.2 Å². The molecule has 0 atom stereocenters. The second-order valence-electron chi connectivity index (χ2n) is 4.81. The van der Waals surface area contributed by atoms with Gasteiger partial charge in [-0.05, 0) is 24.7 Å². The lowest BCUT2D eigenvalue weighted by atomic mass is 10.3. The molecule has 1 fully saturated rings. The number of hydrogen-bond donors (Lipinski definition) is 1. The number of halogens is 2. The molecule has 0 aromatic heterocycles. The molecule has 1 saturated heterocycles. The fraction of sp³-hybridized carbons (Fsp3) is 0.429. The van der Waals surface area contributed by atoms with Crippen molar-refractivity contribution in [3.63, 3.8) is 0 Å². The van der Waals surface area contributed by atoms with Gasteiger partial charge in [-0.15, -0.1) is 0 Å². The minimum absolute atomic E-state index is 0.332. The lowest BCUT2D eigenvalue weighted by Gasteiger charge is -2.33. The van der Waals surface area contributed by atoms with Crippen LogP contribution in [0, 0.1) is 0 Å². The van der Waals surface area contributed by atoms with E-state index in [2.05, 4.69) is 17.1 Å². The van der Waals surface area contributed by atoms with Gasteiger partial charge in [-0.1, -0.05) is 30.1 Å². The Kier molecular flexibility index (Phi) is 5.45. The van der Waals surface area contributed by atoms with Gasteiger partial charge in [-0.2, -0.15) is 0 Å². The molecule has 1 heterocycles. The molecule has 2 amide bonds. The predicted octanol–water partition coefficient (Wildman–Crippen LogP) is 2.10. The molecule has 5 nitrogen and oxygen atoms in total. The summed E-state index contributed by atoms with van der Waals surface area (Å²) in [5, 5.41) is 3.28. The summed E-state index contributed by atoms with van der Waals surface area (Å²) < 4.78 is 0. The van der Waals surface area contributed by atoms with E-state index in [9.17, 15) is 9.59 Å². The first-order chi connectivity index (χ1) is 10.0. The summed E-state index contributed by atoms with van der Waals surface area (Å²) in [6.45, 7) is 5.76. The molecule has 0 saturated carbocycles. The molecule has 0 spiro atoms. The zero-order valence-electron chi connectivity index (χ0n) is 11.7. The average Bonchev–Trinajstić information content (AvgIpc) is 2.50. The summed E-state index contributed by atoms with van der Waals surface area (Å²) >= 11 is 11.7. The third kappa shape index (κ3) is 4.09. The third-order valence-electron chi connectivity index (χ3n) is 3.48. The van der Waals surface area contributed by atoms with E-state index in [1.165, 1.54) is 6.07 Å². The van der Waals surface area contributed by atoms with E-state index in [-0.39, 0.29) is 0 Å². The Bertz CT molecular complexity index is 543. The molecule has 2 rings (SSSR count). The molecular weight excluding hydrogens is 313 g/mol. The molecule has 1 aliphatic heterocycles. The van der Waals surface area contributed by atoms with Crippen molar-refractivity contribution in [2.75, 3.05) is 38.0 Å². The molecule has 1 N–H and O–H groups in total. The van der Waals surface area contributed by atoms with E-state index in [1.54, 1.807) is 17.0 Å². The number of likely N-dealkylation sites (N-methyl/N-ethyl adjacent to an activating group) is 1. The zero-order valence-corrected chi connectivity index (χ0v) is 13.2. The van der Waals surface area contributed by atoms with Gasteiger partial charge in [0.15, 0.2) is 0 Å². The highest BCUT2D eigenvalue weighted by Crippen LogP contribution is 2.25. The Morgan fingerprint density at radius 3 is 2.38 bits per heavy atom. The monoisotopic (exact) mass is 329 g/mol. The summed E-state index contributed by atoms with van der Waals surface area (Å²) in [7, 11) is 0. The maximum absolute atomic E-state index is 12.1. The summed E-state index contributed by atoms with van der Waals surface area (Å²) in [6.07, 6.45) is 0. The standard InChI is InChI=1S/C14H17Cl2N3O2/c1-2-18-5-7-19(8-6-18)14(21)13(20)17-10-3-4-11(15)12(16)9-10/h3-4,9H,2,5-8H2,1H3,(H,17,20). The summed E-state index contributed by atoms with van der Waals surface area (Å²) in [5.74, 6) is -1.17. The van der Waals surface area contributed by atoms with Crippen molar-refractivity contribution in [3.8, 4) is 0 Å². The zero-order chi connectivity index (χ0) is 15.4. The minimum Gasteiger partial charge on any atom is -0.332 e. The van der Waals surface area contributed by atoms with Crippen molar-refractivity contribution in [2.45, 2.75) is 6.92 Å². The highest BCUT2D eigenvalue weighted by atomic mass is 35.5. The van der Waals surface area contributed by atoms with Gasteiger partial charge in [0.05, 0.1) is 10.0 Å². The SMILES string of the molecule is CCN1CCN(C(=O)C(=O)Nc2ccc(Cl)c(Cl)c2)CC1. The smallest absolute Gasteiger partial charge is 0.313 e. The highest BCUT2D eigenvalue weighted by molar-refractivity contribution is 6.42. The van der Waals surface area contributed by atoms with Gasteiger partial charge in [-0.25, -0.2) is 0 Å². The molecule has 0 radical (unpaired) electrons. The number of amides is 2. The molecule has 0 unspecified atom stereocenters. The summed E-state index contributed by atoms with van der Waals surface area (Å²) in [5.41, 5.74) is 0.454. The van der Waals surface area contributed by atoms with Crippen molar-refractivity contribution in [2.24, 2.45) is 0 Å². The van der Waals surface area contributed by atoms with Crippen molar-refractivity contribution < 1.29 is 9.59 Å². The van der Waals surface area contributed by atoms with Gasteiger partial charge in [0.25, 0.3) is 0 Å². The van der Waals surface area contributed by atoms with Crippen LogP contribution in [-0.4, -0.2) is 54.3 Å². The first-order valence-corrected chi connectivity index (χ1v) is 7.54. The molecular formula is C14H17Cl2N3O2. The van der Waals surface area contributed by atoms with E-state index in [0.717, 1.165) is 19.6 Å². The summed E-state index contributed by atoms with van der Waals surface area (Å²) in [4.78, 5) is 27.9. The van der Waals surface area contributed by atoms with Gasteiger partial charge in [0, 0.05) is 31.9 Å². The Morgan fingerprint density at radius 2 is 1.81 bits per heavy atom. The lowest BCUT2D eigenvalue weighted by Crippen LogP contribution is -2.51. The molecule has 1 aromatic rings. The van der Waals surface area contributed by atoms with Gasteiger partial charge in [0.1, 0.15) is 0 Å². The normalized spacial score (nSPS) is 15.9. The third-order valence-corrected chi connectivity index (χ3v) is 4.22. The summed E-state index contributed by atoms with van der Waals surface area (Å²) in [6, 6.07) is 4.70.